The van der Waals surface area contributed by atoms with Gasteiger partial charge in [-0.05, 0) is 62.6 Å². The van der Waals surface area contributed by atoms with Crippen molar-refractivity contribution in [1.82, 2.24) is 10.3 Å². The molecule has 2 aromatic rings. The maximum absolute atomic E-state index is 5.18. The van der Waals surface area contributed by atoms with Gasteiger partial charge in [-0.2, -0.15) is 0 Å². The topological polar surface area (TPSA) is 34.1 Å². The van der Waals surface area contributed by atoms with Crippen LogP contribution in [0.3, 0.4) is 0 Å². The van der Waals surface area contributed by atoms with Crippen LogP contribution in [0.15, 0.2) is 48.7 Å². The summed E-state index contributed by atoms with van der Waals surface area (Å²) in [6, 6.07) is 15.0. The van der Waals surface area contributed by atoms with Gasteiger partial charge < -0.3 is 10.1 Å². The highest BCUT2D eigenvalue weighted by Crippen LogP contribution is 2.14. The molecule has 112 valence electrons. The lowest BCUT2D eigenvalue weighted by atomic mass is 10.0. The maximum atomic E-state index is 5.18. The number of nitrogens with zero attached hydrogens (tertiary/aromatic N) is 1. The molecule has 0 fully saturated rings. The van der Waals surface area contributed by atoms with Crippen molar-refractivity contribution in [2.75, 3.05) is 14.2 Å². The van der Waals surface area contributed by atoms with Crippen LogP contribution in [0.1, 0.15) is 24.1 Å². The third-order valence-corrected chi connectivity index (χ3v) is 3.82. The summed E-state index contributed by atoms with van der Waals surface area (Å²) in [5.74, 6) is 0.916. The average Bonchev–Trinajstić information content (AvgIpc) is 2.56. The van der Waals surface area contributed by atoms with Crippen molar-refractivity contribution >= 4 is 0 Å². The van der Waals surface area contributed by atoms with Crippen molar-refractivity contribution in [3.63, 3.8) is 0 Å². The van der Waals surface area contributed by atoms with Crippen LogP contribution in [0.25, 0.3) is 0 Å². The molecule has 0 radical (unpaired) electrons. The number of nitrogens with one attached hydrogen (secondary N) is 1. The molecule has 0 bridgehead atoms. The van der Waals surface area contributed by atoms with E-state index >= 15 is 0 Å². The number of ether oxygens (including phenoxy) is 1. The SMILES string of the molecule is CNC(CCc1ccc(OC)cc1)CCc1ccccn1. The smallest absolute Gasteiger partial charge is 0.118 e. The van der Waals surface area contributed by atoms with E-state index in [1.54, 1.807) is 7.11 Å². The molecule has 3 heteroatoms. The van der Waals surface area contributed by atoms with Crippen LogP contribution in [0.2, 0.25) is 0 Å². The third-order valence-electron chi connectivity index (χ3n) is 3.82. The van der Waals surface area contributed by atoms with Gasteiger partial charge in [-0.25, -0.2) is 0 Å². The maximum Gasteiger partial charge on any atom is 0.118 e. The summed E-state index contributed by atoms with van der Waals surface area (Å²) < 4.78 is 5.18. The van der Waals surface area contributed by atoms with Crippen LogP contribution in [-0.2, 0) is 12.8 Å². The van der Waals surface area contributed by atoms with Crippen molar-refractivity contribution in [2.24, 2.45) is 0 Å². The molecule has 1 aromatic heterocycles. The van der Waals surface area contributed by atoms with E-state index in [9.17, 15) is 0 Å². The summed E-state index contributed by atoms with van der Waals surface area (Å²) in [6.45, 7) is 0. The summed E-state index contributed by atoms with van der Waals surface area (Å²) >= 11 is 0. The summed E-state index contributed by atoms with van der Waals surface area (Å²) in [7, 11) is 3.74. The molecule has 0 amide bonds. The minimum absolute atomic E-state index is 0.522. The van der Waals surface area contributed by atoms with Crippen molar-refractivity contribution < 1.29 is 4.74 Å². The Morgan fingerprint density at radius 1 is 1.05 bits per heavy atom. The first-order chi connectivity index (χ1) is 10.3. The molecular weight excluding hydrogens is 260 g/mol. The monoisotopic (exact) mass is 284 g/mol. The van der Waals surface area contributed by atoms with Crippen LogP contribution >= 0.6 is 0 Å². The number of hydrogen-bond acceptors (Lipinski definition) is 3. The first-order valence-corrected chi connectivity index (χ1v) is 7.52. The lowest BCUT2D eigenvalue weighted by Crippen LogP contribution is -2.26. The fourth-order valence-corrected chi connectivity index (χ4v) is 2.43. The van der Waals surface area contributed by atoms with E-state index in [1.807, 2.05) is 37.5 Å². The summed E-state index contributed by atoms with van der Waals surface area (Å²) in [4.78, 5) is 4.38. The fourth-order valence-electron chi connectivity index (χ4n) is 2.43. The van der Waals surface area contributed by atoms with Crippen LogP contribution < -0.4 is 10.1 Å². The molecule has 0 aliphatic rings. The fraction of sp³-hybridized carbons (Fsp3) is 0.389. The number of pyridine rings is 1. The highest BCUT2D eigenvalue weighted by molar-refractivity contribution is 5.27. The second kappa shape index (κ2) is 8.42. The second-order valence-corrected chi connectivity index (χ2v) is 5.23. The van der Waals surface area contributed by atoms with E-state index in [1.165, 1.54) is 11.3 Å². The predicted molar refractivity (Wildman–Crippen MR) is 86.7 cm³/mol. The van der Waals surface area contributed by atoms with Crippen LogP contribution in [0.4, 0.5) is 0 Å². The molecule has 1 unspecified atom stereocenters. The Kier molecular flexibility index (Phi) is 6.22. The molecule has 21 heavy (non-hydrogen) atoms. The van der Waals surface area contributed by atoms with Gasteiger partial charge in [-0.3, -0.25) is 4.98 Å². The molecular formula is C18H24N2O. The third kappa shape index (κ3) is 5.20. The minimum atomic E-state index is 0.522. The molecule has 0 saturated heterocycles. The molecule has 3 nitrogen and oxygen atoms in total. The van der Waals surface area contributed by atoms with Gasteiger partial charge in [0.05, 0.1) is 7.11 Å². The van der Waals surface area contributed by atoms with Gasteiger partial charge in [-0.15, -0.1) is 0 Å². The highest BCUT2D eigenvalue weighted by atomic mass is 16.5. The zero-order chi connectivity index (χ0) is 14.9. The number of hydrogen-bond donors (Lipinski definition) is 1. The first-order valence-electron chi connectivity index (χ1n) is 7.52. The lowest BCUT2D eigenvalue weighted by molar-refractivity contribution is 0.414. The van der Waals surface area contributed by atoms with Gasteiger partial charge in [0.25, 0.3) is 0 Å². The Morgan fingerprint density at radius 2 is 1.81 bits per heavy atom. The molecule has 0 aliphatic heterocycles. The number of benzene rings is 1. The summed E-state index contributed by atoms with van der Waals surface area (Å²) in [5, 5.41) is 3.41. The molecule has 1 atom stereocenters. The Bertz CT molecular complexity index is 511. The molecule has 0 aliphatic carbocycles. The van der Waals surface area contributed by atoms with Gasteiger partial charge in [0.2, 0.25) is 0 Å². The van der Waals surface area contributed by atoms with Gasteiger partial charge in [0, 0.05) is 17.9 Å². The first kappa shape index (κ1) is 15.5. The van der Waals surface area contributed by atoms with Crippen molar-refractivity contribution in [2.45, 2.75) is 31.7 Å². The highest BCUT2D eigenvalue weighted by Gasteiger charge is 2.07. The molecule has 1 aromatic carbocycles. The Balaban J connectivity index is 1.79. The molecule has 1 heterocycles. The van der Waals surface area contributed by atoms with E-state index in [4.69, 9.17) is 4.74 Å². The van der Waals surface area contributed by atoms with Gasteiger partial charge >= 0.3 is 0 Å². The number of aromatic nitrogens is 1. The second-order valence-electron chi connectivity index (χ2n) is 5.23. The molecule has 1 N–H and O–H groups in total. The van der Waals surface area contributed by atoms with Crippen molar-refractivity contribution in [1.29, 1.82) is 0 Å². The van der Waals surface area contributed by atoms with Crippen LogP contribution in [-0.4, -0.2) is 25.2 Å². The summed E-state index contributed by atoms with van der Waals surface area (Å²) in [5.41, 5.74) is 2.52. The molecule has 0 saturated carbocycles. The average molecular weight is 284 g/mol. The quantitative estimate of drug-likeness (QED) is 0.808. The zero-order valence-corrected chi connectivity index (χ0v) is 12.9. The van der Waals surface area contributed by atoms with Gasteiger partial charge in [0.1, 0.15) is 5.75 Å². The van der Waals surface area contributed by atoms with Gasteiger partial charge in [0.15, 0.2) is 0 Å². The Hall–Kier alpha value is -1.87. The van der Waals surface area contributed by atoms with Crippen LogP contribution in [0, 0.1) is 0 Å². The van der Waals surface area contributed by atoms with Gasteiger partial charge in [-0.1, -0.05) is 18.2 Å². The van der Waals surface area contributed by atoms with Crippen molar-refractivity contribution in [3.05, 3.63) is 59.9 Å². The predicted octanol–water partition coefficient (Wildman–Crippen LogP) is 3.24. The lowest BCUT2D eigenvalue weighted by Gasteiger charge is -2.16. The largest absolute Gasteiger partial charge is 0.497 e. The number of rotatable bonds is 8. The normalized spacial score (nSPS) is 12.1. The van der Waals surface area contributed by atoms with Crippen molar-refractivity contribution in [3.8, 4) is 5.75 Å². The van der Waals surface area contributed by atoms with E-state index in [2.05, 4.69) is 28.5 Å². The summed E-state index contributed by atoms with van der Waals surface area (Å²) in [6.07, 6.45) is 6.22. The minimum Gasteiger partial charge on any atom is -0.497 e. The van der Waals surface area contributed by atoms with E-state index < -0.39 is 0 Å². The number of aryl methyl sites for hydroxylation is 2. The van der Waals surface area contributed by atoms with E-state index in [0.29, 0.717) is 6.04 Å². The van der Waals surface area contributed by atoms with E-state index in [-0.39, 0.29) is 0 Å². The van der Waals surface area contributed by atoms with Crippen LogP contribution in [0.5, 0.6) is 5.75 Å². The Labute approximate surface area is 127 Å². The standard InChI is InChI=1S/C18H24N2O/c1-19-16(10-11-17-5-3-4-14-20-17)9-6-15-7-12-18(21-2)13-8-15/h3-5,7-8,12-14,16,19H,6,9-11H2,1-2H3. The molecule has 0 spiro atoms. The molecule has 2 rings (SSSR count). The zero-order valence-electron chi connectivity index (χ0n) is 12.9. The Morgan fingerprint density at radius 3 is 2.43 bits per heavy atom. The number of methoxy groups -OCH3 is 1. The van der Waals surface area contributed by atoms with E-state index in [0.717, 1.165) is 31.4 Å².